The zero-order valence-electron chi connectivity index (χ0n) is 24.6. The molecule has 1 saturated heterocycles. The third-order valence-electron chi connectivity index (χ3n) is 8.19. The van der Waals surface area contributed by atoms with Crippen LogP contribution in [0.25, 0.3) is 10.9 Å². The summed E-state index contributed by atoms with van der Waals surface area (Å²) in [6.45, 7) is 0. The van der Waals surface area contributed by atoms with Crippen LogP contribution >= 0.6 is 0 Å². The van der Waals surface area contributed by atoms with E-state index in [2.05, 4.69) is 20.9 Å². The van der Waals surface area contributed by atoms with Gasteiger partial charge < -0.3 is 31.6 Å². The number of rotatable bonds is 13. The van der Waals surface area contributed by atoms with Crippen molar-refractivity contribution in [3.8, 4) is 5.75 Å². The number of fused-ring (bicyclic) bond motifs is 1. The van der Waals surface area contributed by atoms with Gasteiger partial charge in [0.2, 0.25) is 11.8 Å². The lowest BCUT2D eigenvalue weighted by Gasteiger charge is -2.23. The van der Waals surface area contributed by atoms with Gasteiger partial charge in [0.15, 0.2) is 5.78 Å². The van der Waals surface area contributed by atoms with E-state index in [0.29, 0.717) is 12.8 Å². The molecule has 1 aromatic heterocycles. The zero-order valence-corrected chi connectivity index (χ0v) is 24.6. The molecule has 2 heterocycles. The number of amides is 2. The average molecular weight is 612 g/mol. The number of para-hydroxylation sites is 1. The molecular formula is C34H37N5O6. The zero-order chi connectivity index (χ0) is 31.9. The fourth-order valence-electron chi connectivity index (χ4n) is 5.74. The van der Waals surface area contributed by atoms with E-state index in [1.807, 2.05) is 30.3 Å². The lowest BCUT2D eigenvalue weighted by atomic mass is 9.98. The molecule has 5 atom stereocenters. The molecule has 2 amide bonds. The number of aromatic nitrogens is 1. The number of aromatic amines is 1. The first-order chi connectivity index (χ1) is 21.7. The van der Waals surface area contributed by atoms with E-state index in [0.717, 1.165) is 27.6 Å². The van der Waals surface area contributed by atoms with Crippen LogP contribution < -0.4 is 21.7 Å². The Morgan fingerprint density at radius 2 is 1.47 bits per heavy atom. The van der Waals surface area contributed by atoms with E-state index < -0.39 is 48.0 Å². The highest BCUT2D eigenvalue weighted by Crippen LogP contribution is 2.21. The Kier molecular flexibility index (Phi) is 9.91. The highest BCUT2D eigenvalue weighted by atomic mass is 16.4. The summed E-state index contributed by atoms with van der Waals surface area (Å²) in [5.74, 6) is -2.38. The van der Waals surface area contributed by atoms with Crippen molar-refractivity contribution in [3.63, 3.8) is 0 Å². The fraction of sp³-hybridized carbons (Fsp3) is 0.294. The molecule has 234 valence electrons. The first-order valence-electron chi connectivity index (χ1n) is 14.9. The number of Topliss-reactive ketones (excluding diaryl/α,β-unsaturated/α-hetero) is 1. The number of phenols is 1. The molecule has 3 aromatic carbocycles. The first-order valence-corrected chi connectivity index (χ1v) is 14.9. The minimum absolute atomic E-state index is 0.0774. The number of aromatic hydroxyl groups is 1. The molecule has 11 heteroatoms. The lowest BCUT2D eigenvalue weighted by molar-refractivity contribution is -0.142. The molecule has 1 aliphatic heterocycles. The van der Waals surface area contributed by atoms with Gasteiger partial charge in [-0.05, 0) is 54.2 Å². The van der Waals surface area contributed by atoms with Crippen LogP contribution in [-0.4, -0.2) is 69.0 Å². The number of ketones is 1. The number of aliphatic carboxylic acids is 1. The standard InChI is InChI=1S/C34H37N5O6/c35-25(16-21-10-12-23(40)13-11-21)31(41)27-14-15-28(37-27)32(42)38-29(18-22-19-36-26-9-5-4-8-24(22)26)33(43)39-30(34(44)45)17-20-6-2-1-3-7-20/h1-13,19,25,27-30,36-37,40H,14-18,35H2,(H,38,42)(H,39,43)(H,44,45)/t25-,27-,28?,29-,30-/m0/s1. The third-order valence-corrected chi connectivity index (χ3v) is 8.19. The van der Waals surface area contributed by atoms with Crippen LogP contribution in [0.5, 0.6) is 5.75 Å². The average Bonchev–Trinajstić information content (AvgIpc) is 3.70. The number of carbonyl (C=O) groups excluding carboxylic acids is 3. The van der Waals surface area contributed by atoms with Gasteiger partial charge in [0.05, 0.1) is 18.1 Å². The predicted molar refractivity (Wildman–Crippen MR) is 168 cm³/mol. The second-order valence-electron chi connectivity index (χ2n) is 11.4. The minimum Gasteiger partial charge on any atom is -0.508 e. The summed E-state index contributed by atoms with van der Waals surface area (Å²) in [5.41, 5.74) is 9.41. The van der Waals surface area contributed by atoms with Gasteiger partial charge in [-0.3, -0.25) is 19.7 Å². The minimum atomic E-state index is -1.20. The van der Waals surface area contributed by atoms with E-state index in [9.17, 15) is 29.4 Å². The van der Waals surface area contributed by atoms with Gasteiger partial charge in [0, 0.05) is 29.9 Å². The maximum atomic E-state index is 13.6. The SMILES string of the molecule is N[C@@H](Cc1ccc(O)cc1)C(=O)[C@@H]1CCC(C(=O)N[C@@H](Cc2c[nH]c3ccccc23)C(=O)N[C@@H](Cc2ccccc2)C(=O)O)N1. The van der Waals surface area contributed by atoms with E-state index in [1.165, 1.54) is 12.1 Å². The van der Waals surface area contributed by atoms with Gasteiger partial charge in [-0.15, -0.1) is 0 Å². The summed E-state index contributed by atoms with van der Waals surface area (Å²) >= 11 is 0. The highest BCUT2D eigenvalue weighted by Gasteiger charge is 2.37. The molecule has 1 fully saturated rings. The van der Waals surface area contributed by atoms with Gasteiger partial charge in [0.25, 0.3) is 0 Å². The van der Waals surface area contributed by atoms with Crippen LogP contribution in [0.3, 0.4) is 0 Å². The van der Waals surface area contributed by atoms with Gasteiger partial charge in [-0.2, -0.15) is 0 Å². The van der Waals surface area contributed by atoms with E-state index in [4.69, 9.17) is 5.73 Å². The molecule has 0 radical (unpaired) electrons. The van der Waals surface area contributed by atoms with Crippen LogP contribution in [0, 0.1) is 0 Å². The van der Waals surface area contributed by atoms with Crippen molar-refractivity contribution < 1.29 is 29.4 Å². The number of carbonyl (C=O) groups is 4. The van der Waals surface area contributed by atoms with Crippen molar-refractivity contribution >= 4 is 34.5 Å². The van der Waals surface area contributed by atoms with Crippen molar-refractivity contribution in [1.82, 2.24) is 20.9 Å². The summed E-state index contributed by atoms with van der Waals surface area (Å²) in [6.07, 6.45) is 3.02. The third kappa shape index (κ3) is 7.94. The molecule has 11 nitrogen and oxygen atoms in total. The quantitative estimate of drug-likeness (QED) is 0.120. The molecule has 1 unspecified atom stereocenters. The summed E-state index contributed by atoms with van der Waals surface area (Å²) < 4.78 is 0. The smallest absolute Gasteiger partial charge is 0.326 e. The second kappa shape index (κ2) is 14.2. The van der Waals surface area contributed by atoms with Crippen molar-refractivity contribution in [2.75, 3.05) is 0 Å². The van der Waals surface area contributed by atoms with Gasteiger partial charge in [-0.25, -0.2) is 4.79 Å². The van der Waals surface area contributed by atoms with Crippen LogP contribution in [0.4, 0.5) is 0 Å². The number of nitrogens with two attached hydrogens (primary N) is 1. The predicted octanol–water partition coefficient (Wildman–Crippen LogP) is 1.97. The van der Waals surface area contributed by atoms with E-state index >= 15 is 0 Å². The number of benzene rings is 3. The van der Waals surface area contributed by atoms with Crippen LogP contribution in [0.15, 0.2) is 85.1 Å². The molecule has 0 bridgehead atoms. The molecule has 0 spiro atoms. The van der Waals surface area contributed by atoms with Crippen molar-refractivity contribution in [1.29, 1.82) is 0 Å². The fourth-order valence-corrected chi connectivity index (χ4v) is 5.74. The number of nitrogens with one attached hydrogen (secondary N) is 4. The van der Waals surface area contributed by atoms with Crippen molar-refractivity contribution in [2.45, 2.75) is 62.3 Å². The Morgan fingerprint density at radius 1 is 0.800 bits per heavy atom. The van der Waals surface area contributed by atoms with E-state index in [1.54, 1.807) is 42.6 Å². The van der Waals surface area contributed by atoms with Gasteiger partial charge >= 0.3 is 5.97 Å². The van der Waals surface area contributed by atoms with Crippen LogP contribution in [0.2, 0.25) is 0 Å². The number of phenolic OH excluding ortho intramolecular Hbond substituents is 1. The molecule has 8 N–H and O–H groups in total. The first kappa shape index (κ1) is 31.4. The largest absolute Gasteiger partial charge is 0.508 e. The monoisotopic (exact) mass is 611 g/mol. The Morgan fingerprint density at radius 3 is 2.20 bits per heavy atom. The number of carboxylic acids is 1. The summed E-state index contributed by atoms with van der Waals surface area (Å²) in [5, 5.41) is 28.8. The Labute approximate surface area is 260 Å². The lowest BCUT2D eigenvalue weighted by Crippen LogP contribution is -2.56. The van der Waals surface area contributed by atoms with Crippen LogP contribution in [-0.2, 0) is 38.4 Å². The van der Waals surface area contributed by atoms with Gasteiger partial charge in [-0.1, -0.05) is 60.7 Å². The summed E-state index contributed by atoms with van der Waals surface area (Å²) in [4.78, 5) is 55.5. The highest BCUT2D eigenvalue weighted by molar-refractivity contribution is 5.94. The molecule has 0 saturated carbocycles. The topological polar surface area (TPSA) is 187 Å². The van der Waals surface area contributed by atoms with E-state index in [-0.39, 0.29) is 30.8 Å². The number of hydrogen-bond acceptors (Lipinski definition) is 7. The Bertz CT molecular complexity index is 1650. The molecule has 0 aliphatic carbocycles. The number of H-pyrrole nitrogens is 1. The van der Waals surface area contributed by atoms with Gasteiger partial charge in [0.1, 0.15) is 17.8 Å². The molecular weight excluding hydrogens is 574 g/mol. The molecule has 5 rings (SSSR count). The second-order valence-corrected chi connectivity index (χ2v) is 11.4. The number of carboxylic acid groups (broad SMARTS) is 1. The van der Waals surface area contributed by atoms with Crippen molar-refractivity contribution in [2.24, 2.45) is 5.73 Å². The van der Waals surface area contributed by atoms with Crippen molar-refractivity contribution in [3.05, 3.63) is 102 Å². The maximum absolute atomic E-state index is 13.6. The summed E-state index contributed by atoms with van der Waals surface area (Å²) in [6, 6.07) is 18.6. The normalized spacial score (nSPS) is 18.2. The Hall–Kier alpha value is -5.00. The maximum Gasteiger partial charge on any atom is 0.326 e. The molecule has 1 aliphatic rings. The molecule has 45 heavy (non-hydrogen) atoms. The Balaban J connectivity index is 1.27. The number of hydrogen-bond donors (Lipinski definition) is 7. The molecule has 4 aromatic rings. The summed E-state index contributed by atoms with van der Waals surface area (Å²) in [7, 11) is 0. The van der Waals surface area contributed by atoms with Crippen LogP contribution in [0.1, 0.15) is 29.5 Å².